The van der Waals surface area contributed by atoms with Crippen LogP contribution < -0.4 is 10.5 Å². The van der Waals surface area contributed by atoms with Crippen LogP contribution in [0.1, 0.15) is 29.7 Å². The molecule has 0 spiro atoms. The molecule has 21 heavy (non-hydrogen) atoms. The Morgan fingerprint density at radius 3 is 2.81 bits per heavy atom. The van der Waals surface area contributed by atoms with Crippen LogP contribution in [0, 0.1) is 0 Å². The van der Waals surface area contributed by atoms with Gasteiger partial charge in [-0.25, -0.2) is 4.98 Å². The van der Waals surface area contributed by atoms with Crippen LogP contribution in [-0.2, 0) is 19.4 Å². The first-order chi connectivity index (χ1) is 10.2. The van der Waals surface area contributed by atoms with E-state index in [1.165, 1.54) is 18.4 Å². The average Bonchev–Trinajstić information content (AvgIpc) is 2.49. The Hall–Kier alpha value is -1.10. The molecule has 1 aromatic carbocycles. The quantitative estimate of drug-likeness (QED) is 0.860. The van der Waals surface area contributed by atoms with E-state index in [9.17, 15) is 0 Å². The molecule has 2 aromatic rings. The summed E-state index contributed by atoms with van der Waals surface area (Å²) in [5.41, 5.74) is 9.19. The Morgan fingerprint density at radius 2 is 2.05 bits per heavy atom. The summed E-state index contributed by atoms with van der Waals surface area (Å²) in [6, 6.07) is 7.65. The molecule has 0 saturated heterocycles. The third-order valence-corrected chi connectivity index (χ3v) is 4.45. The molecule has 0 radical (unpaired) electrons. The number of ether oxygens (including phenoxy) is 1. The predicted molar refractivity (Wildman–Crippen MR) is 88.0 cm³/mol. The van der Waals surface area contributed by atoms with E-state index >= 15 is 0 Å². The molecule has 0 aliphatic heterocycles. The molecule has 1 aliphatic carbocycles. The second-order valence-corrected chi connectivity index (χ2v) is 6.47. The number of aromatic nitrogens is 1. The van der Waals surface area contributed by atoms with E-state index in [2.05, 4.69) is 27.0 Å². The number of benzene rings is 1. The second kappa shape index (κ2) is 6.34. The fourth-order valence-electron chi connectivity index (χ4n) is 2.56. The van der Waals surface area contributed by atoms with Crippen LogP contribution in [0.3, 0.4) is 0 Å². The average molecular weight is 368 g/mol. The highest BCUT2D eigenvalue weighted by Gasteiger charge is 2.16. The molecule has 0 unspecified atom stereocenters. The summed E-state index contributed by atoms with van der Waals surface area (Å²) in [6.07, 6.45) is 4.48. The highest BCUT2D eigenvalue weighted by Crippen LogP contribution is 2.34. The van der Waals surface area contributed by atoms with Crippen molar-refractivity contribution in [2.45, 2.75) is 32.2 Å². The van der Waals surface area contributed by atoms with Gasteiger partial charge < -0.3 is 10.5 Å². The molecule has 3 nitrogen and oxygen atoms in total. The standard InChI is InChI=1S/C16H16BrClN2O/c17-12-5-6-15(13(18)8-12)21-16-11(9-19)7-10-3-1-2-4-14(10)20-16/h5-8H,1-4,9,19H2. The fraction of sp³-hybridized carbons (Fsp3) is 0.312. The van der Waals surface area contributed by atoms with Gasteiger partial charge in [-0.05, 0) is 55.5 Å². The maximum Gasteiger partial charge on any atom is 0.224 e. The van der Waals surface area contributed by atoms with Gasteiger partial charge in [-0.3, -0.25) is 0 Å². The highest BCUT2D eigenvalue weighted by atomic mass is 79.9. The van der Waals surface area contributed by atoms with E-state index in [0.717, 1.165) is 28.6 Å². The summed E-state index contributed by atoms with van der Waals surface area (Å²) in [6.45, 7) is 0.407. The number of halogens is 2. The van der Waals surface area contributed by atoms with Gasteiger partial charge in [0, 0.05) is 22.3 Å². The highest BCUT2D eigenvalue weighted by molar-refractivity contribution is 9.10. The topological polar surface area (TPSA) is 48.1 Å². The van der Waals surface area contributed by atoms with Crippen LogP contribution in [0.5, 0.6) is 11.6 Å². The normalized spacial score (nSPS) is 13.9. The molecule has 0 fully saturated rings. The number of hydrogen-bond acceptors (Lipinski definition) is 3. The molecule has 1 aliphatic rings. The molecule has 3 rings (SSSR count). The van der Waals surface area contributed by atoms with Crippen molar-refractivity contribution in [1.82, 2.24) is 4.98 Å². The van der Waals surface area contributed by atoms with Crippen molar-refractivity contribution in [3.05, 3.63) is 50.6 Å². The summed E-state index contributed by atoms with van der Waals surface area (Å²) in [5, 5.41) is 0.548. The zero-order valence-corrected chi connectivity index (χ0v) is 13.9. The van der Waals surface area contributed by atoms with Gasteiger partial charge in [0.05, 0.1) is 5.02 Å². The lowest BCUT2D eigenvalue weighted by Gasteiger charge is -2.18. The van der Waals surface area contributed by atoms with Crippen molar-refractivity contribution in [1.29, 1.82) is 0 Å². The number of nitrogens with zero attached hydrogens (tertiary/aromatic N) is 1. The first kappa shape index (κ1) is 14.8. The first-order valence-corrected chi connectivity index (χ1v) is 8.19. The summed E-state index contributed by atoms with van der Waals surface area (Å²) < 4.78 is 6.82. The van der Waals surface area contributed by atoms with Crippen molar-refractivity contribution in [2.75, 3.05) is 0 Å². The van der Waals surface area contributed by atoms with Crippen molar-refractivity contribution in [3.8, 4) is 11.6 Å². The van der Waals surface area contributed by atoms with Crippen LogP contribution in [0.15, 0.2) is 28.7 Å². The zero-order chi connectivity index (χ0) is 14.8. The third-order valence-electron chi connectivity index (χ3n) is 3.66. The third kappa shape index (κ3) is 3.23. The summed E-state index contributed by atoms with van der Waals surface area (Å²) in [4.78, 5) is 4.67. The van der Waals surface area contributed by atoms with E-state index in [4.69, 9.17) is 22.1 Å². The van der Waals surface area contributed by atoms with Crippen molar-refractivity contribution in [2.24, 2.45) is 5.73 Å². The molecule has 1 aromatic heterocycles. The monoisotopic (exact) mass is 366 g/mol. The molecule has 1 heterocycles. The maximum absolute atomic E-state index is 6.20. The molecular formula is C16H16BrClN2O. The van der Waals surface area contributed by atoms with Gasteiger partial charge in [0.15, 0.2) is 0 Å². The van der Waals surface area contributed by atoms with Gasteiger partial charge in [-0.15, -0.1) is 0 Å². The summed E-state index contributed by atoms with van der Waals surface area (Å²) in [7, 11) is 0. The molecule has 0 amide bonds. The number of aryl methyl sites for hydroxylation is 2. The van der Waals surface area contributed by atoms with Crippen LogP contribution in [0.25, 0.3) is 0 Å². The van der Waals surface area contributed by atoms with Gasteiger partial charge in [-0.1, -0.05) is 27.5 Å². The molecule has 0 bridgehead atoms. The van der Waals surface area contributed by atoms with Gasteiger partial charge in [0.25, 0.3) is 0 Å². The minimum Gasteiger partial charge on any atom is -0.437 e. The van der Waals surface area contributed by atoms with Crippen LogP contribution in [0.2, 0.25) is 5.02 Å². The lowest BCUT2D eigenvalue weighted by Crippen LogP contribution is -2.10. The minimum absolute atomic E-state index is 0.407. The van der Waals surface area contributed by atoms with Crippen molar-refractivity contribution in [3.63, 3.8) is 0 Å². The van der Waals surface area contributed by atoms with E-state index in [-0.39, 0.29) is 0 Å². The Labute approximate surface area is 137 Å². The number of hydrogen-bond donors (Lipinski definition) is 1. The van der Waals surface area contributed by atoms with Gasteiger partial charge in [0.1, 0.15) is 5.75 Å². The largest absolute Gasteiger partial charge is 0.437 e. The van der Waals surface area contributed by atoms with Crippen molar-refractivity contribution >= 4 is 27.5 Å². The minimum atomic E-state index is 0.407. The van der Waals surface area contributed by atoms with Crippen LogP contribution in [-0.4, -0.2) is 4.98 Å². The predicted octanol–water partition coefficient (Wildman–Crippen LogP) is 4.63. The van der Waals surface area contributed by atoms with Crippen LogP contribution in [0.4, 0.5) is 0 Å². The van der Waals surface area contributed by atoms with E-state index < -0.39 is 0 Å². The molecule has 0 saturated carbocycles. The molecule has 110 valence electrons. The van der Waals surface area contributed by atoms with Gasteiger partial charge >= 0.3 is 0 Å². The molecule has 5 heteroatoms. The number of rotatable bonds is 3. The zero-order valence-electron chi connectivity index (χ0n) is 11.5. The smallest absolute Gasteiger partial charge is 0.224 e. The molecule has 2 N–H and O–H groups in total. The Morgan fingerprint density at radius 1 is 1.24 bits per heavy atom. The second-order valence-electron chi connectivity index (χ2n) is 5.15. The summed E-state index contributed by atoms with van der Waals surface area (Å²) in [5.74, 6) is 1.17. The van der Waals surface area contributed by atoms with E-state index in [1.54, 1.807) is 6.07 Å². The Balaban J connectivity index is 1.97. The number of pyridine rings is 1. The number of nitrogens with two attached hydrogens (primary N) is 1. The van der Waals surface area contributed by atoms with Crippen LogP contribution >= 0.6 is 27.5 Å². The Kier molecular flexibility index (Phi) is 4.48. The summed E-state index contributed by atoms with van der Waals surface area (Å²) >= 11 is 9.59. The van der Waals surface area contributed by atoms with Crippen molar-refractivity contribution < 1.29 is 4.74 Å². The fourth-order valence-corrected chi connectivity index (χ4v) is 3.27. The SMILES string of the molecule is NCc1cc2c(nc1Oc1ccc(Br)cc1Cl)CCCC2. The molecule has 0 atom stereocenters. The number of fused-ring (bicyclic) bond motifs is 1. The van der Waals surface area contributed by atoms with E-state index in [0.29, 0.717) is 23.2 Å². The van der Waals surface area contributed by atoms with E-state index in [1.807, 2.05) is 12.1 Å². The molecular weight excluding hydrogens is 352 g/mol. The van der Waals surface area contributed by atoms with Gasteiger partial charge in [0.2, 0.25) is 5.88 Å². The maximum atomic E-state index is 6.20. The van der Waals surface area contributed by atoms with Gasteiger partial charge in [-0.2, -0.15) is 0 Å². The first-order valence-electron chi connectivity index (χ1n) is 7.02. The Bertz CT molecular complexity index is 676. The lowest BCUT2D eigenvalue weighted by atomic mass is 9.95. The lowest BCUT2D eigenvalue weighted by molar-refractivity contribution is 0.451.